The van der Waals surface area contributed by atoms with Crippen LogP contribution in [-0.2, 0) is 22.3 Å². The maximum atomic E-state index is 13.3. The van der Waals surface area contributed by atoms with Crippen LogP contribution >= 0.6 is 0 Å². The summed E-state index contributed by atoms with van der Waals surface area (Å²) >= 11 is 0. The van der Waals surface area contributed by atoms with E-state index in [1.807, 2.05) is 0 Å². The van der Waals surface area contributed by atoms with Crippen LogP contribution < -0.4 is 10.1 Å². The van der Waals surface area contributed by atoms with Crippen LogP contribution in [0, 0.1) is 0 Å². The predicted octanol–water partition coefficient (Wildman–Crippen LogP) is 4.66. The number of anilines is 1. The van der Waals surface area contributed by atoms with Crippen molar-refractivity contribution in [1.82, 2.24) is 9.96 Å². The number of amides is 2. The first-order valence-corrected chi connectivity index (χ1v) is 10.7. The van der Waals surface area contributed by atoms with E-state index in [9.17, 15) is 22.8 Å². The molecule has 0 aromatic heterocycles. The second-order valence-electron chi connectivity index (χ2n) is 8.23. The Bertz CT molecular complexity index is 1050. The summed E-state index contributed by atoms with van der Waals surface area (Å²) in [5.74, 6) is 0.586. The van der Waals surface area contributed by atoms with Crippen LogP contribution in [0.4, 0.5) is 28.4 Å². The lowest BCUT2D eigenvalue weighted by Gasteiger charge is -2.36. The number of nitrogens with one attached hydrogen (secondary N) is 1. The zero-order chi connectivity index (χ0) is 24.3. The minimum Gasteiger partial charge on any atom is -0.497 e. The van der Waals surface area contributed by atoms with Gasteiger partial charge in [0.25, 0.3) is 0 Å². The van der Waals surface area contributed by atoms with Gasteiger partial charge in [0.1, 0.15) is 11.4 Å². The Morgan fingerprint density at radius 3 is 2.59 bits per heavy atom. The third-order valence-electron chi connectivity index (χ3n) is 5.89. The van der Waals surface area contributed by atoms with Gasteiger partial charge in [-0.25, -0.2) is 9.59 Å². The molecule has 2 fully saturated rings. The number of hydrogen-bond acceptors (Lipinski definition) is 6. The van der Waals surface area contributed by atoms with E-state index in [-0.39, 0.29) is 18.7 Å². The highest BCUT2D eigenvalue weighted by atomic mass is 19.4. The average molecular weight is 479 g/mol. The molecule has 0 unspecified atom stereocenters. The van der Waals surface area contributed by atoms with Crippen molar-refractivity contribution in [3.8, 4) is 5.75 Å². The molecule has 34 heavy (non-hydrogen) atoms. The van der Waals surface area contributed by atoms with Gasteiger partial charge in [0.05, 0.1) is 19.2 Å². The van der Waals surface area contributed by atoms with Gasteiger partial charge in [-0.3, -0.25) is 10.2 Å². The van der Waals surface area contributed by atoms with Crippen molar-refractivity contribution in [2.45, 2.75) is 31.2 Å². The monoisotopic (exact) mass is 479 g/mol. The first kappa shape index (κ1) is 23.7. The molecule has 2 aromatic carbocycles. The number of carbonyl (C=O) groups excluding carboxylic acids is 2. The second-order valence-corrected chi connectivity index (χ2v) is 8.23. The third-order valence-corrected chi connectivity index (χ3v) is 5.89. The standard InChI is InChI=1S/C23H24F3N3O5/c1-32-18-7-4-6-17(13-18)27-20(30)34-29-11-9-22(10-12-29)15-28(21(31)33-22)14-16-5-2-3-8-19(16)23(24,25)26/h2-8,13H,9-12,14-15H2,1H3,(H,27,30). The van der Waals surface area contributed by atoms with Crippen LogP contribution in [0.5, 0.6) is 5.75 Å². The minimum atomic E-state index is -4.51. The molecule has 0 bridgehead atoms. The highest BCUT2D eigenvalue weighted by Crippen LogP contribution is 2.36. The molecule has 182 valence electrons. The fraction of sp³-hybridized carbons (Fsp3) is 0.391. The molecular weight excluding hydrogens is 455 g/mol. The first-order valence-electron chi connectivity index (χ1n) is 10.7. The topological polar surface area (TPSA) is 80.3 Å². The van der Waals surface area contributed by atoms with Crippen LogP contribution in [-0.4, -0.2) is 54.5 Å². The number of hydrogen-bond donors (Lipinski definition) is 1. The molecular formula is C23H24F3N3O5. The number of halogens is 3. The first-order chi connectivity index (χ1) is 16.2. The van der Waals surface area contributed by atoms with Crippen LogP contribution in [0.3, 0.4) is 0 Å². The Morgan fingerprint density at radius 2 is 1.88 bits per heavy atom. The van der Waals surface area contributed by atoms with E-state index in [1.165, 1.54) is 35.3 Å². The van der Waals surface area contributed by atoms with Gasteiger partial charge >= 0.3 is 18.4 Å². The van der Waals surface area contributed by atoms with Gasteiger partial charge in [0, 0.05) is 44.2 Å². The fourth-order valence-corrected chi connectivity index (χ4v) is 4.16. The van der Waals surface area contributed by atoms with E-state index in [2.05, 4.69) is 5.32 Å². The zero-order valence-corrected chi connectivity index (χ0v) is 18.4. The third kappa shape index (κ3) is 5.36. The van der Waals surface area contributed by atoms with Crippen molar-refractivity contribution in [3.63, 3.8) is 0 Å². The van der Waals surface area contributed by atoms with E-state index in [0.717, 1.165) is 6.07 Å². The molecule has 2 aliphatic heterocycles. The van der Waals surface area contributed by atoms with Gasteiger partial charge in [0.15, 0.2) is 0 Å². The molecule has 0 saturated carbocycles. The molecule has 2 amide bonds. The van der Waals surface area contributed by atoms with Gasteiger partial charge in [-0.2, -0.15) is 13.2 Å². The van der Waals surface area contributed by atoms with Crippen molar-refractivity contribution in [2.24, 2.45) is 0 Å². The minimum absolute atomic E-state index is 0.0129. The summed E-state index contributed by atoms with van der Waals surface area (Å²) in [4.78, 5) is 31.3. The average Bonchev–Trinajstić information content (AvgIpc) is 3.09. The predicted molar refractivity (Wildman–Crippen MR) is 115 cm³/mol. The maximum absolute atomic E-state index is 13.3. The maximum Gasteiger partial charge on any atom is 0.430 e. The SMILES string of the molecule is COc1cccc(NC(=O)ON2CCC3(CC2)CN(Cc2ccccc2C(F)(F)F)C(=O)O3)c1. The Hall–Kier alpha value is -3.47. The second kappa shape index (κ2) is 9.41. The highest BCUT2D eigenvalue weighted by Gasteiger charge is 2.48. The number of nitrogens with zero attached hydrogens (tertiary/aromatic N) is 2. The summed E-state index contributed by atoms with van der Waals surface area (Å²) in [6, 6.07) is 12.0. The lowest BCUT2D eigenvalue weighted by Crippen LogP contribution is -2.47. The molecule has 2 aliphatic rings. The van der Waals surface area contributed by atoms with Crippen LogP contribution in [0.25, 0.3) is 0 Å². The quantitative estimate of drug-likeness (QED) is 0.672. The van der Waals surface area contributed by atoms with E-state index in [1.54, 1.807) is 24.3 Å². The number of benzene rings is 2. The lowest BCUT2D eigenvalue weighted by atomic mass is 9.92. The molecule has 11 heteroatoms. The van der Waals surface area contributed by atoms with Crippen LogP contribution in [0.2, 0.25) is 0 Å². The number of ether oxygens (including phenoxy) is 2. The number of rotatable bonds is 5. The number of piperidine rings is 1. The molecule has 1 N–H and O–H groups in total. The molecule has 1 spiro atoms. The molecule has 2 heterocycles. The van der Waals surface area contributed by atoms with Crippen molar-refractivity contribution < 1.29 is 37.1 Å². The molecule has 0 radical (unpaired) electrons. The van der Waals surface area contributed by atoms with Gasteiger partial charge in [-0.1, -0.05) is 24.3 Å². The summed E-state index contributed by atoms with van der Waals surface area (Å²) in [6.45, 7) is 0.596. The van der Waals surface area contributed by atoms with Crippen molar-refractivity contribution in [1.29, 1.82) is 0 Å². The fourth-order valence-electron chi connectivity index (χ4n) is 4.16. The molecule has 0 aliphatic carbocycles. The van der Waals surface area contributed by atoms with E-state index in [4.69, 9.17) is 14.3 Å². The Morgan fingerprint density at radius 1 is 1.15 bits per heavy atom. The van der Waals surface area contributed by atoms with Gasteiger partial charge in [0.2, 0.25) is 0 Å². The number of hydroxylamine groups is 2. The lowest BCUT2D eigenvalue weighted by molar-refractivity contribution is -0.139. The summed E-state index contributed by atoms with van der Waals surface area (Å²) in [5.41, 5.74) is -1.07. The van der Waals surface area contributed by atoms with Crippen LogP contribution in [0.1, 0.15) is 24.0 Å². The van der Waals surface area contributed by atoms with Gasteiger partial charge < -0.3 is 14.3 Å². The largest absolute Gasteiger partial charge is 0.497 e. The summed E-state index contributed by atoms with van der Waals surface area (Å²) < 4.78 is 50.6. The zero-order valence-electron chi connectivity index (χ0n) is 18.4. The number of carbonyl (C=O) groups is 2. The van der Waals surface area contributed by atoms with E-state index < -0.39 is 29.5 Å². The van der Waals surface area contributed by atoms with Gasteiger partial charge in [-0.05, 0) is 23.8 Å². The molecule has 2 saturated heterocycles. The molecule has 0 atom stereocenters. The highest BCUT2D eigenvalue weighted by molar-refractivity contribution is 5.84. The van der Waals surface area contributed by atoms with E-state index >= 15 is 0 Å². The Labute approximate surface area is 194 Å². The van der Waals surface area contributed by atoms with Crippen molar-refractivity contribution in [3.05, 3.63) is 59.7 Å². The Balaban J connectivity index is 1.31. The number of alkyl halides is 3. The molecule has 4 rings (SSSR count). The van der Waals surface area contributed by atoms with Crippen molar-refractivity contribution >= 4 is 17.9 Å². The number of methoxy groups -OCH3 is 1. The van der Waals surface area contributed by atoms with Crippen LogP contribution in [0.15, 0.2) is 48.5 Å². The molecule has 2 aromatic rings. The smallest absolute Gasteiger partial charge is 0.430 e. The Kier molecular flexibility index (Phi) is 6.56. The summed E-state index contributed by atoms with van der Waals surface area (Å²) in [7, 11) is 1.52. The summed E-state index contributed by atoms with van der Waals surface area (Å²) in [5, 5.41) is 4.08. The normalized spacial score (nSPS) is 18.0. The molecule has 8 nitrogen and oxygen atoms in total. The van der Waals surface area contributed by atoms with Gasteiger partial charge in [-0.15, -0.1) is 5.06 Å². The summed E-state index contributed by atoms with van der Waals surface area (Å²) in [6.07, 6.45) is -5.07. The van der Waals surface area contributed by atoms with E-state index in [0.29, 0.717) is 37.4 Å². The van der Waals surface area contributed by atoms with Crippen molar-refractivity contribution in [2.75, 3.05) is 32.1 Å².